The van der Waals surface area contributed by atoms with Crippen LogP contribution in [0.15, 0.2) is 42.5 Å². The number of nitrogens with one attached hydrogen (secondary N) is 3. The quantitative estimate of drug-likeness (QED) is 0.471. The molecule has 8 nitrogen and oxygen atoms in total. The minimum atomic E-state index is -3.53. The third-order valence-electron chi connectivity index (χ3n) is 5.20. The molecule has 1 aliphatic rings. The van der Waals surface area contributed by atoms with E-state index in [4.69, 9.17) is 4.74 Å². The number of rotatable bonds is 10. The lowest BCUT2D eigenvalue weighted by Gasteiger charge is -2.27. The molecule has 172 valence electrons. The number of amides is 2. The molecule has 0 bridgehead atoms. The smallest absolute Gasteiger partial charge is 0.251 e. The highest BCUT2D eigenvalue weighted by Crippen LogP contribution is 2.28. The Hall–Kier alpha value is -2.91. The predicted octanol–water partition coefficient (Wildman–Crippen LogP) is 2.50. The summed E-state index contributed by atoms with van der Waals surface area (Å²) in [4.78, 5) is 24.9. The molecule has 0 radical (unpaired) electrons. The second-order valence-corrected chi connectivity index (χ2v) is 9.84. The van der Waals surface area contributed by atoms with Gasteiger partial charge in [-0.1, -0.05) is 24.3 Å². The van der Waals surface area contributed by atoms with E-state index in [1.165, 1.54) is 0 Å². The molecule has 2 aromatic rings. The molecule has 3 N–H and O–H groups in total. The highest BCUT2D eigenvalue weighted by Gasteiger charge is 2.30. The molecule has 0 aliphatic carbocycles. The molecule has 1 atom stereocenters. The number of fused-ring (bicyclic) bond motifs is 1. The summed E-state index contributed by atoms with van der Waals surface area (Å²) in [5.74, 6) is -1.14. The molecule has 0 saturated carbocycles. The third kappa shape index (κ3) is 6.30. The molecule has 1 unspecified atom stereocenters. The topological polar surface area (TPSA) is 114 Å². The lowest BCUT2D eigenvalue weighted by molar-refractivity contribution is -0.116. The van der Waals surface area contributed by atoms with Crippen LogP contribution < -0.4 is 16.0 Å². The summed E-state index contributed by atoms with van der Waals surface area (Å²) in [7, 11) is -3.53. The van der Waals surface area contributed by atoms with Crippen molar-refractivity contribution < 1.29 is 22.7 Å². The first-order valence-electron chi connectivity index (χ1n) is 10.6. The van der Waals surface area contributed by atoms with Crippen LogP contribution in [0.3, 0.4) is 0 Å². The van der Waals surface area contributed by atoms with Crippen LogP contribution in [0.25, 0.3) is 0 Å². The molecule has 0 fully saturated rings. The lowest BCUT2D eigenvalue weighted by atomic mass is 10.1. The first-order chi connectivity index (χ1) is 15.3. The van der Waals surface area contributed by atoms with Crippen LogP contribution in [-0.2, 0) is 25.1 Å². The van der Waals surface area contributed by atoms with E-state index in [-0.39, 0.29) is 17.4 Å². The Morgan fingerprint density at radius 2 is 1.94 bits per heavy atom. The summed E-state index contributed by atoms with van der Waals surface area (Å²) in [6.07, 6.45) is 0.710. The van der Waals surface area contributed by atoms with Gasteiger partial charge in [-0.05, 0) is 49.6 Å². The number of carbonyl (C=O) groups excluding carboxylic acids is 2. The van der Waals surface area contributed by atoms with Crippen molar-refractivity contribution in [3.63, 3.8) is 0 Å². The van der Waals surface area contributed by atoms with Gasteiger partial charge in [0.25, 0.3) is 5.91 Å². The highest BCUT2D eigenvalue weighted by atomic mass is 32.2. The average molecular weight is 460 g/mol. The molecule has 0 saturated heterocycles. The first kappa shape index (κ1) is 23.7. The van der Waals surface area contributed by atoms with Crippen LogP contribution >= 0.6 is 0 Å². The van der Waals surface area contributed by atoms with Crippen LogP contribution in [0.2, 0.25) is 0 Å². The zero-order valence-corrected chi connectivity index (χ0v) is 19.1. The Morgan fingerprint density at radius 3 is 2.69 bits per heavy atom. The average Bonchev–Trinajstić information content (AvgIpc) is 2.75. The van der Waals surface area contributed by atoms with Crippen LogP contribution in [0.1, 0.15) is 34.8 Å². The SMILES string of the molecule is CCOCCCNC(=O)c1ccc2c(c1)NC(=O)C(CS(=O)(=O)Cc1ccccc1C)N2. The predicted molar refractivity (Wildman–Crippen MR) is 125 cm³/mol. The van der Waals surface area contributed by atoms with Crippen molar-refractivity contribution in [2.75, 3.05) is 36.1 Å². The molecule has 1 aliphatic heterocycles. The minimum Gasteiger partial charge on any atom is -0.382 e. The van der Waals surface area contributed by atoms with Gasteiger partial charge >= 0.3 is 0 Å². The van der Waals surface area contributed by atoms with E-state index in [0.717, 1.165) is 11.1 Å². The standard InChI is InChI=1S/C23H29N3O5S/c1-3-31-12-6-11-24-22(27)17-9-10-19-20(13-17)26-23(28)21(25-19)15-32(29,30)14-18-8-5-4-7-16(18)2/h4-5,7-10,13,21,25H,3,6,11-12,14-15H2,1-2H3,(H,24,27)(H,26,28). The van der Waals surface area contributed by atoms with Crippen LogP contribution in [-0.4, -0.2) is 51.8 Å². The van der Waals surface area contributed by atoms with Crippen LogP contribution in [0, 0.1) is 6.92 Å². The Labute approximate surface area is 188 Å². The maximum Gasteiger partial charge on any atom is 0.251 e. The number of sulfone groups is 1. The Kier molecular flexibility index (Phi) is 7.87. The van der Waals surface area contributed by atoms with Crippen molar-refractivity contribution >= 4 is 33.0 Å². The Morgan fingerprint density at radius 1 is 1.16 bits per heavy atom. The highest BCUT2D eigenvalue weighted by molar-refractivity contribution is 7.90. The van der Waals surface area contributed by atoms with Crippen molar-refractivity contribution in [1.29, 1.82) is 0 Å². The van der Waals surface area contributed by atoms with Gasteiger partial charge in [0.2, 0.25) is 5.91 Å². The zero-order chi connectivity index (χ0) is 23.1. The van der Waals surface area contributed by atoms with Crippen molar-refractivity contribution in [2.45, 2.75) is 32.1 Å². The molecular weight excluding hydrogens is 430 g/mol. The summed E-state index contributed by atoms with van der Waals surface area (Å²) in [6, 6.07) is 11.3. The number of anilines is 2. The molecule has 1 heterocycles. The van der Waals surface area contributed by atoms with Gasteiger partial charge < -0.3 is 20.7 Å². The fourth-order valence-corrected chi connectivity index (χ4v) is 5.11. The number of carbonyl (C=O) groups is 2. The molecule has 2 amide bonds. The molecule has 32 heavy (non-hydrogen) atoms. The molecule has 3 rings (SSSR count). The van der Waals surface area contributed by atoms with Crippen molar-refractivity contribution in [3.05, 3.63) is 59.2 Å². The van der Waals surface area contributed by atoms with E-state index in [2.05, 4.69) is 16.0 Å². The molecular formula is C23H29N3O5S. The van der Waals surface area contributed by atoms with Crippen molar-refractivity contribution in [2.24, 2.45) is 0 Å². The normalized spacial score (nSPS) is 15.4. The van der Waals surface area contributed by atoms with E-state index in [0.29, 0.717) is 43.1 Å². The van der Waals surface area contributed by atoms with E-state index in [1.807, 2.05) is 26.0 Å². The summed E-state index contributed by atoms with van der Waals surface area (Å²) in [5.41, 5.74) is 3.05. The maximum atomic E-state index is 12.7. The number of hydrogen-bond donors (Lipinski definition) is 3. The maximum absolute atomic E-state index is 12.7. The fourth-order valence-electron chi connectivity index (χ4n) is 3.45. The monoisotopic (exact) mass is 459 g/mol. The Balaban J connectivity index is 1.62. The largest absolute Gasteiger partial charge is 0.382 e. The molecule has 2 aromatic carbocycles. The van der Waals surface area contributed by atoms with Gasteiger partial charge in [0.1, 0.15) is 6.04 Å². The van der Waals surface area contributed by atoms with Gasteiger partial charge in [-0.2, -0.15) is 0 Å². The van der Waals surface area contributed by atoms with Gasteiger partial charge in [-0.25, -0.2) is 8.42 Å². The molecule has 0 aromatic heterocycles. The van der Waals surface area contributed by atoms with Crippen LogP contribution in [0.5, 0.6) is 0 Å². The van der Waals surface area contributed by atoms with Gasteiger partial charge in [-0.3, -0.25) is 9.59 Å². The number of ether oxygens (including phenoxy) is 1. The van der Waals surface area contributed by atoms with E-state index in [9.17, 15) is 18.0 Å². The number of benzene rings is 2. The van der Waals surface area contributed by atoms with Gasteiger partial charge in [0.15, 0.2) is 9.84 Å². The summed E-state index contributed by atoms with van der Waals surface area (Å²) >= 11 is 0. The number of hydrogen-bond acceptors (Lipinski definition) is 6. The van der Waals surface area contributed by atoms with Gasteiger partial charge in [-0.15, -0.1) is 0 Å². The third-order valence-corrected chi connectivity index (χ3v) is 6.79. The molecule has 0 spiro atoms. The Bertz CT molecular complexity index is 1080. The second-order valence-electron chi connectivity index (χ2n) is 7.73. The summed E-state index contributed by atoms with van der Waals surface area (Å²) < 4.78 is 30.7. The van der Waals surface area contributed by atoms with Crippen molar-refractivity contribution in [1.82, 2.24) is 5.32 Å². The minimum absolute atomic E-state index is 0.125. The summed E-state index contributed by atoms with van der Waals surface area (Å²) in [5, 5.41) is 8.53. The lowest BCUT2D eigenvalue weighted by Crippen LogP contribution is -2.43. The van der Waals surface area contributed by atoms with E-state index >= 15 is 0 Å². The van der Waals surface area contributed by atoms with Crippen LogP contribution in [0.4, 0.5) is 11.4 Å². The van der Waals surface area contributed by atoms with Gasteiger partial charge in [0, 0.05) is 25.3 Å². The van der Waals surface area contributed by atoms with E-state index in [1.54, 1.807) is 30.3 Å². The zero-order valence-electron chi connectivity index (χ0n) is 18.3. The number of aryl methyl sites for hydroxylation is 1. The molecule has 9 heteroatoms. The van der Waals surface area contributed by atoms with Crippen molar-refractivity contribution in [3.8, 4) is 0 Å². The summed E-state index contributed by atoms with van der Waals surface area (Å²) in [6.45, 7) is 5.48. The van der Waals surface area contributed by atoms with E-state index < -0.39 is 21.8 Å². The second kappa shape index (κ2) is 10.6. The fraction of sp³-hybridized carbons (Fsp3) is 0.391. The first-order valence-corrected chi connectivity index (χ1v) is 12.4. The van der Waals surface area contributed by atoms with Gasteiger partial charge in [0.05, 0.1) is 22.9 Å².